The van der Waals surface area contributed by atoms with E-state index >= 15 is 0 Å². The lowest BCUT2D eigenvalue weighted by Crippen LogP contribution is -2.12. The Morgan fingerprint density at radius 1 is 1.22 bits per heavy atom. The number of rotatable bonds is 2. The van der Waals surface area contributed by atoms with Gasteiger partial charge in [0.25, 0.3) is 5.91 Å². The van der Waals surface area contributed by atoms with E-state index in [2.05, 4.69) is 10.3 Å². The molecule has 1 heterocycles. The molecule has 2 aromatic rings. The fourth-order valence-corrected chi connectivity index (χ4v) is 1.60. The summed E-state index contributed by atoms with van der Waals surface area (Å²) in [7, 11) is 0. The van der Waals surface area contributed by atoms with Gasteiger partial charge in [-0.05, 0) is 43.2 Å². The van der Waals surface area contributed by atoms with Crippen LogP contribution in [0.25, 0.3) is 0 Å². The molecule has 1 aromatic carbocycles. The van der Waals surface area contributed by atoms with E-state index in [1.807, 2.05) is 26.0 Å². The Kier molecular flexibility index (Phi) is 3.28. The zero-order valence-corrected chi connectivity index (χ0v) is 10.4. The van der Waals surface area contributed by atoms with Gasteiger partial charge in [-0.3, -0.25) is 9.78 Å². The van der Waals surface area contributed by atoms with Crippen molar-refractivity contribution >= 4 is 17.3 Å². The summed E-state index contributed by atoms with van der Waals surface area (Å²) in [5.74, 6) is -0.186. The number of aryl methyl sites for hydroxylation is 2. The summed E-state index contributed by atoms with van der Waals surface area (Å²) in [6.45, 7) is 3.82. The van der Waals surface area contributed by atoms with Gasteiger partial charge >= 0.3 is 0 Å². The molecule has 3 N–H and O–H groups in total. The first-order valence-electron chi connectivity index (χ1n) is 5.65. The zero-order valence-electron chi connectivity index (χ0n) is 10.4. The van der Waals surface area contributed by atoms with E-state index in [1.54, 1.807) is 24.5 Å². The smallest absolute Gasteiger partial charge is 0.257 e. The predicted molar refractivity (Wildman–Crippen MR) is 72.5 cm³/mol. The van der Waals surface area contributed by atoms with Crippen LogP contribution >= 0.6 is 0 Å². The topological polar surface area (TPSA) is 68.0 Å². The summed E-state index contributed by atoms with van der Waals surface area (Å²) in [6.07, 6.45) is 3.25. The Morgan fingerprint density at radius 3 is 2.67 bits per heavy atom. The molecule has 0 spiro atoms. The van der Waals surface area contributed by atoms with Crippen molar-refractivity contribution in [1.29, 1.82) is 0 Å². The van der Waals surface area contributed by atoms with Gasteiger partial charge in [0.1, 0.15) is 0 Å². The Hall–Kier alpha value is -2.36. The first kappa shape index (κ1) is 12.1. The molecule has 0 fully saturated rings. The second-order valence-corrected chi connectivity index (χ2v) is 4.28. The van der Waals surface area contributed by atoms with E-state index in [-0.39, 0.29) is 5.91 Å². The molecule has 0 atom stereocenters. The van der Waals surface area contributed by atoms with Gasteiger partial charge < -0.3 is 11.1 Å². The summed E-state index contributed by atoms with van der Waals surface area (Å²) >= 11 is 0. The third kappa shape index (κ3) is 2.66. The molecule has 0 aliphatic rings. The number of aromatic nitrogens is 1. The minimum Gasteiger partial charge on any atom is -0.398 e. The fraction of sp³-hybridized carbons (Fsp3) is 0.143. The number of amides is 1. The molecule has 0 bridgehead atoms. The van der Waals surface area contributed by atoms with Crippen LogP contribution in [-0.4, -0.2) is 10.9 Å². The maximum atomic E-state index is 12.0. The van der Waals surface area contributed by atoms with Gasteiger partial charge in [-0.2, -0.15) is 0 Å². The average molecular weight is 241 g/mol. The van der Waals surface area contributed by atoms with Crippen molar-refractivity contribution in [2.24, 2.45) is 0 Å². The molecule has 2 rings (SSSR count). The molecule has 4 heteroatoms. The number of nitrogens with one attached hydrogen (secondary N) is 1. The van der Waals surface area contributed by atoms with Crippen LogP contribution in [0.3, 0.4) is 0 Å². The third-order valence-corrected chi connectivity index (χ3v) is 2.67. The van der Waals surface area contributed by atoms with E-state index in [0.717, 1.165) is 11.1 Å². The summed E-state index contributed by atoms with van der Waals surface area (Å²) in [5.41, 5.74) is 9.62. The van der Waals surface area contributed by atoms with Crippen LogP contribution in [0.1, 0.15) is 21.5 Å². The summed E-state index contributed by atoms with van der Waals surface area (Å²) in [6, 6.07) is 7.24. The van der Waals surface area contributed by atoms with E-state index in [4.69, 9.17) is 5.73 Å². The highest BCUT2D eigenvalue weighted by Crippen LogP contribution is 2.17. The number of nitrogen functional groups attached to an aromatic ring is 1. The van der Waals surface area contributed by atoms with E-state index < -0.39 is 0 Å². The highest BCUT2D eigenvalue weighted by Gasteiger charge is 2.07. The van der Waals surface area contributed by atoms with Crippen LogP contribution in [0.2, 0.25) is 0 Å². The predicted octanol–water partition coefficient (Wildman–Crippen LogP) is 2.53. The second kappa shape index (κ2) is 4.87. The summed E-state index contributed by atoms with van der Waals surface area (Å²) in [4.78, 5) is 16.0. The summed E-state index contributed by atoms with van der Waals surface area (Å²) < 4.78 is 0. The normalized spacial score (nSPS) is 10.1. The molecule has 1 amide bonds. The number of hydrogen-bond acceptors (Lipinski definition) is 3. The molecule has 92 valence electrons. The van der Waals surface area contributed by atoms with Crippen LogP contribution in [0.15, 0.2) is 36.7 Å². The van der Waals surface area contributed by atoms with Crippen LogP contribution in [0.4, 0.5) is 11.4 Å². The lowest BCUT2D eigenvalue weighted by atomic mass is 10.1. The zero-order chi connectivity index (χ0) is 13.1. The van der Waals surface area contributed by atoms with E-state index in [9.17, 15) is 4.79 Å². The highest BCUT2D eigenvalue weighted by molar-refractivity contribution is 6.04. The van der Waals surface area contributed by atoms with Crippen LogP contribution in [0, 0.1) is 13.8 Å². The van der Waals surface area contributed by atoms with Crippen molar-refractivity contribution in [2.45, 2.75) is 13.8 Å². The highest BCUT2D eigenvalue weighted by atomic mass is 16.1. The largest absolute Gasteiger partial charge is 0.398 e. The van der Waals surface area contributed by atoms with Gasteiger partial charge in [-0.25, -0.2) is 0 Å². The number of carbonyl (C=O) groups is 1. The van der Waals surface area contributed by atoms with Gasteiger partial charge in [-0.15, -0.1) is 0 Å². The first-order valence-corrected chi connectivity index (χ1v) is 5.65. The minimum absolute atomic E-state index is 0.186. The number of nitrogens with two attached hydrogens (primary N) is 1. The maximum Gasteiger partial charge on any atom is 0.257 e. The van der Waals surface area contributed by atoms with Gasteiger partial charge in [0.2, 0.25) is 0 Å². The molecule has 0 unspecified atom stereocenters. The van der Waals surface area contributed by atoms with Crippen LogP contribution in [-0.2, 0) is 0 Å². The van der Waals surface area contributed by atoms with Gasteiger partial charge in [-0.1, -0.05) is 6.07 Å². The number of pyridine rings is 1. The van der Waals surface area contributed by atoms with E-state index in [1.165, 1.54) is 0 Å². The minimum atomic E-state index is -0.186. The lowest BCUT2D eigenvalue weighted by molar-refractivity contribution is 0.102. The molecule has 0 saturated heterocycles. The molecule has 0 aliphatic heterocycles. The second-order valence-electron chi connectivity index (χ2n) is 4.28. The summed E-state index contributed by atoms with van der Waals surface area (Å²) in [5, 5.41) is 2.79. The van der Waals surface area contributed by atoms with Crippen molar-refractivity contribution in [2.75, 3.05) is 11.1 Å². The Bertz CT molecular complexity index is 593. The molecule has 0 radical (unpaired) electrons. The molecule has 0 saturated carbocycles. The molecular weight excluding hydrogens is 226 g/mol. The molecule has 18 heavy (non-hydrogen) atoms. The maximum absolute atomic E-state index is 12.0. The van der Waals surface area contributed by atoms with Gasteiger partial charge in [0.05, 0.1) is 5.56 Å². The molecule has 0 aliphatic carbocycles. The van der Waals surface area contributed by atoms with Crippen molar-refractivity contribution in [3.05, 3.63) is 53.3 Å². The number of hydrogen-bond donors (Lipinski definition) is 2. The Morgan fingerprint density at radius 2 is 2.00 bits per heavy atom. The lowest BCUT2D eigenvalue weighted by Gasteiger charge is -2.07. The average Bonchev–Trinajstić information content (AvgIpc) is 2.34. The number of anilines is 2. The quantitative estimate of drug-likeness (QED) is 0.794. The standard InChI is InChI=1S/C14H15N3O/c1-9-5-11(8-16-7-9)14(18)17-12-4-3-10(2)13(15)6-12/h3-8H,15H2,1-2H3,(H,17,18). The van der Waals surface area contributed by atoms with Crippen molar-refractivity contribution in [1.82, 2.24) is 4.98 Å². The Labute approximate surface area is 106 Å². The van der Waals surface area contributed by atoms with Gasteiger partial charge in [0.15, 0.2) is 0 Å². The monoisotopic (exact) mass is 241 g/mol. The van der Waals surface area contributed by atoms with Crippen LogP contribution in [0.5, 0.6) is 0 Å². The van der Waals surface area contributed by atoms with Gasteiger partial charge in [0, 0.05) is 23.8 Å². The third-order valence-electron chi connectivity index (χ3n) is 2.67. The van der Waals surface area contributed by atoms with E-state index in [0.29, 0.717) is 16.9 Å². The number of benzene rings is 1. The number of carbonyl (C=O) groups excluding carboxylic acids is 1. The molecular formula is C14H15N3O. The van der Waals surface area contributed by atoms with Crippen molar-refractivity contribution in [3.63, 3.8) is 0 Å². The SMILES string of the molecule is Cc1cncc(C(=O)Nc2ccc(C)c(N)c2)c1. The van der Waals surface area contributed by atoms with Crippen LogP contribution < -0.4 is 11.1 Å². The first-order chi connectivity index (χ1) is 8.56. The molecule has 1 aromatic heterocycles. The fourth-order valence-electron chi connectivity index (χ4n) is 1.60. The Balaban J connectivity index is 2.18. The van der Waals surface area contributed by atoms with Crippen molar-refractivity contribution in [3.8, 4) is 0 Å². The molecule has 4 nitrogen and oxygen atoms in total. The number of nitrogens with zero attached hydrogens (tertiary/aromatic N) is 1. The van der Waals surface area contributed by atoms with Crippen molar-refractivity contribution < 1.29 is 4.79 Å².